The number of aromatic nitrogens is 1. The molecule has 1 N–H and O–H groups in total. The lowest BCUT2D eigenvalue weighted by Crippen LogP contribution is -2.50. The lowest BCUT2D eigenvalue weighted by molar-refractivity contribution is -0.0579. The van der Waals surface area contributed by atoms with Crippen LogP contribution in [-0.2, 0) is 6.42 Å². The number of aliphatic hydroxyl groups excluding tert-OH is 1. The molecule has 0 aliphatic heterocycles. The van der Waals surface area contributed by atoms with Crippen molar-refractivity contribution >= 4 is 16.9 Å². The topological polar surface area (TPSA) is 33.1 Å². The van der Waals surface area contributed by atoms with E-state index in [0.29, 0.717) is 5.92 Å². The second kappa shape index (κ2) is 6.53. The number of aliphatic hydroxyl groups is 1. The zero-order valence-corrected chi connectivity index (χ0v) is 19.3. The lowest BCUT2D eigenvalue weighted by Gasteiger charge is -2.56. The van der Waals surface area contributed by atoms with Crippen molar-refractivity contribution in [1.29, 1.82) is 0 Å². The van der Waals surface area contributed by atoms with E-state index in [9.17, 15) is 5.11 Å². The standard InChI is InChI=1S/C27H33NOS/c1-16-5-4-6-17(15-16)25-28-24-21-8-7-18-19-9-10-23(29)27(19,3)13-11-20(18)26(21,2)14-12-22(24)30-25/h4-6,8,15,18-20,23,29H,7,9-14H2,1-3H3/t18-,19-,20-,23-,26+,27-/m0/s1. The summed E-state index contributed by atoms with van der Waals surface area (Å²) in [6, 6.07) is 8.78. The fraction of sp³-hybridized carbons (Fsp3) is 0.593. The molecule has 1 heterocycles. The first kappa shape index (κ1) is 19.3. The SMILES string of the molecule is Cc1cccc(-c2nc3c(s2)CC[C@@]2(C)C3=CC[C@H]3[C@@H]4CC[C@H](O)[C@@]4(C)CC[C@@H]32)c1. The first-order valence-corrected chi connectivity index (χ1v) is 12.7. The lowest BCUT2D eigenvalue weighted by atomic mass is 9.48. The molecule has 0 unspecified atom stereocenters. The maximum atomic E-state index is 10.7. The van der Waals surface area contributed by atoms with Gasteiger partial charge in [-0.1, -0.05) is 43.7 Å². The summed E-state index contributed by atoms with van der Waals surface area (Å²) in [6.45, 7) is 7.08. The van der Waals surface area contributed by atoms with E-state index >= 15 is 0 Å². The van der Waals surface area contributed by atoms with E-state index < -0.39 is 0 Å². The monoisotopic (exact) mass is 419 g/mol. The molecule has 0 amide bonds. The molecule has 1 aromatic heterocycles. The average Bonchev–Trinajstić information content (AvgIpc) is 3.29. The smallest absolute Gasteiger partial charge is 0.124 e. The summed E-state index contributed by atoms with van der Waals surface area (Å²) in [4.78, 5) is 6.72. The Morgan fingerprint density at radius 1 is 1.10 bits per heavy atom. The van der Waals surface area contributed by atoms with Gasteiger partial charge < -0.3 is 5.11 Å². The van der Waals surface area contributed by atoms with Crippen LogP contribution in [0.1, 0.15) is 68.5 Å². The van der Waals surface area contributed by atoms with Gasteiger partial charge in [0.15, 0.2) is 0 Å². The molecule has 2 aromatic rings. The largest absolute Gasteiger partial charge is 0.393 e. The van der Waals surface area contributed by atoms with Gasteiger partial charge in [-0.15, -0.1) is 11.3 Å². The van der Waals surface area contributed by atoms with Crippen LogP contribution in [0, 0.1) is 35.5 Å². The third-order valence-corrected chi connectivity index (χ3v) is 10.7. The normalized spacial score (nSPS) is 39.5. The van der Waals surface area contributed by atoms with E-state index in [4.69, 9.17) is 4.98 Å². The summed E-state index contributed by atoms with van der Waals surface area (Å²) in [5.41, 5.74) is 5.82. The van der Waals surface area contributed by atoms with E-state index in [1.54, 1.807) is 5.57 Å². The summed E-state index contributed by atoms with van der Waals surface area (Å²) in [5, 5.41) is 11.9. The van der Waals surface area contributed by atoms with Crippen molar-refractivity contribution < 1.29 is 5.11 Å². The van der Waals surface area contributed by atoms with Gasteiger partial charge in [0.05, 0.1) is 11.8 Å². The van der Waals surface area contributed by atoms with Crippen LogP contribution in [0.5, 0.6) is 0 Å². The minimum atomic E-state index is -0.0879. The maximum Gasteiger partial charge on any atom is 0.124 e. The summed E-state index contributed by atoms with van der Waals surface area (Å²) in [7, 11) is 0. The minimum Gasteiger partial charge on any atom is -0.393 e. The van der Waals surface area contributed by atoms with Crippen molar-refractivity contribution in [2.45, 2.75) is 71.8 Å². The Balaban J connectivity index is 1.39. The van der Waals surface area contributed by atoms with Crippen LogP contribution < -0.4 is 0 Å². The van der Waals surface area contributed by atoms with Crippen molar-refractivity contribution in [1.82, 2.24) is 4.98 Å². The quantitative estimate of drug-likeness (QED) is 0.560. The van der Waals surface area contributed by atoms with Crippen molar-refractivity contribution in [3.63, 3.8) is 0 Å². The van der Waals surface area contributed by atoms with Gasteiger partial charge in [-0.05, 0) is 92.1 Å². The van der Waals surface area contributed by atoms with Gasteiger partial charge in [0, 0.05) is 10.4 Å². The van der Waals surface area contributed by atoms with Crippen LogP contribution in [0.4, 0.5) is 0 Å². The molecular formula is C27H33NOS. The van der Waals surface area contributed by atoms with Crippen LogP contribution >= 0.6 is 11.3 Å². The van der Waals surface area contributed by atoms with Gasteiger partial charge in [0.2, 0.25) is 0 Å². The van der Waals surface area contributed by atoms with E-state index in [2.05, 4.69) is 51.1 Å². The van der Waals surface area contributed by atoms with Crippen LogP contribution in [-0.4, -0.2) is 16.2 Å². The molecule has 2 saturated carbocycles. The van der Waals surface area contributed by atoms with E-state index in [-0.39, 0.29) is 16.9 Å². The fourth-order valence-corrected chi connectivity index (χ4v) is 8.83. The highest BCUT2D eigenvalue weighted by atomic mass is 32.1. The van der Waals surface area contributed by atoms with Crippen molar-refractivity contribution in [3.8, 4) is 10.6 Å². The van der Waals surface area contributed by atoms with Gasteiger partial charge in [0.1, 0.15) is 5.01 Å². The van der Waals surface area contributed by atoms with E-state index in [1.807, 2.05) is 11.3 Å². The Kier molecular flexibility index (Phi) is 4.19. The zero-order valence-electron chi connectivity index (χ0n) is 18.4. The predicted octanol–water partition coefficient (Wildman–Crippen LogP) is 6.66. The molecule has 6 rings (SSSR count). The number of thiazole rings is 1. The molecule has 158 valence electrons. The molecule has 6 atom stereocenters. The molecule has 2 nitrogen and oxygen atoms in total. The number of nitrogens with zero attached hydrogens (tertiary/aromatic N) is 1. The Hall–Kier alpha value is -1.45. The number of fused-ring (bicyclic) bond motifs is 7. The molecule has 0 saturated heterocycles. The Morgan fingerprint density at radius 3 is 2.80 bits per heavy atom. The van der Waals surface area contributed by atoms with Crippen LogP contribution in [0.25, 0.3) is 16.1 Å². The Bertz CT molecular complexity index is 1040. The summed E-state index contributed by atoms with van der Waals surface area (Å²) < 4.78 is 0. The molecule has 3 heteroatoms. The Morgan fingerprint density at radius 2 is 1.97 bits per heavy atom. The van der Waals surface area contributed by atoms with Gasteiger partial charge in [-0.2, -0.15) is 0 Å². The molecule has 4 aliphatic carbocycles. The predicted molar refractivity (Wildman–Crippen MR) is 124 cm³/mol. The summed E-state index contributed by atoms with van der Waals surface area (Å²) in [5.74, 6) is 2.18. The van der Waals surface area contributed by atoms with Gasteiger partial charge in [0.25, 0.3) is 0 Å². The number of benzene rings is 1. The molecule has 4 aliphatic rings. The third kappa shape index (κ3) is 2.54. The van der Waals surface area contributed by atoms with Crippen LogP contribution in [0.2, 0.25) is 0 Å². The summed E-state index contributed by atoms with van der Waals surface area (Å²) >= 11 is 1.91. The maximum absolute atomic E-state index is 10.7. The zero-order chi connectivity index (χ0) is 20.7. The molecule has 0 bridgehead atoms. The Labute approximate surface area is 184 Å². The minimum absolute atomic E-state index is 0.0879. The first-order chi connectivity index (χ1) is 14.4. The second-order valence-electron chi connectivity index (χ2n) is 10.9. The summed E-state index contributed by atoms with van der Waals surface area (Å²) in [6.07, 6.45) is 10.8. The van der Waals surface area contributed by atoms with Crippen molar-refractivity contribution in [3.05, 3.63) is 46.5 Å². The number of hydrogen-bond donors (Lipinski definition) is 1. The van der Waals surface area contributed by atoms with Crippen molar-refractivity contribution in [2.24, 2.45) is 28.6 Å². The molecule has 1 aromatic carbocycles. The van der Waals surface area contributed by atoms with Crippen LogP contribution in [0.3, 0.4) is 0 Å². The van der Waals surface area contributed by atoms with Crippen molar-refractivity contribution in [2.75, 3.05) is 0 Å². The third-order valence-electron chi connectivity index (χ3n) is 9.50. The molecule has 30 heavy (non-hydrogen) atoms. The highest BCUT2D eigenvalue weighted by molar-refractivity contribution is 7.15. The molecular weight excluding hydrogens is 386 g/mol. The second-order valence-corrected chi connectivity index (χ2v) is 12.0. The molecule has 2 fully saturated rings. The van der Waals surface area contributed by atoms with Gasteiger partial charge >= 0.3 is 0 Å². The highest BCUT2D eigenvalue weighted by Crippen LogP contribution is 2.66. The molecule has 0 spiro atoms. The fourth-order valence-electron chi connectivity index (χ4n) is 7.76. The number of hydrogen-bond acceptors (Lipinski definition) is 3. The highest BCUT2D eigenvalue weighted by Gasteiger charge is 2.58. The van der Waals surface area contributed by atoms with E-state index in [0.717, 1.165) is 18.3 Å². The molecule has 0 radical (unpaired) electrons. The number of aryl methyl sites for hydroxylation is 2. The number of allylic oxidation sites excluding steroid dienone is 2. The number of rotatable bonds is 1. The van der Waals surface area contributed by atoms with Gasteiger partial charge in [-0.3, -0.25) is 0 Å². The van der Waals surface area contributed by atoms with E-state index in [1.165, 1.54) is 65.2 Å². The first-order valence-electron chi connectivity index (χ1n) is 11.9. The van der Waals surface area contributed by atoms with Gasteiger partial charge in [-0.25, -0.2) is 4.98 Å². The average molecular weight is 420 g/mol. The van der Waals surface area contributed by atoms with Crippen LogP contribution in [0.15, 0.2) is 30.3 Å².